The van der Waals surface area contributed by atoms with Crippen LogP contribution in [0, 0.1) is 0 Å². The van der Waals surface area contributed by atoms with Crippen LogP contribution in [-0.4, -0.2) is 42.8 Å². The van der Waals surface area contributed by atoms with Gasteiger partial charge in [-0.25, -0.2) is 9.59 Å². The van der Waals surface area contributed by atoms with E-state index in [2.05, 4.69) is 6.92 Å². The summed E-state index contributed by atoms with van der Waals surface area (Å²) in [6.07, 6.45) is 19.9. The van der Waals surface area contributed by atoms with Crippen LogP contribution in [0.1, 0.15) is 123 Å². The van der Waals surface area contributed by atoms with Gasteiger partial charge in [0.2, 0.25) is 0 Å². The molecule has 5 heteroatoms. The molecule has 176 valence electrons. The number of unbranched alkanes of at least 4 members (excludes halogenated alkanes) is 12. The van der Waals surface area contributed by atoms with Crippen LogP contribution in [0.2, 0.25) is 0 Å². The summed E-state index contributed by atoms with van der Waals surface area (Å²) in [7, 11) is 0. The lowest BCUT2D eigenvalue weighted by Gasteiger charge is -2.33. The number of rotatable bonds is 17. The number of carbonyl (C=O) groups excluding carboxylic acids is 2. The summed E-state index contributed by atoms with van der Waals surface area (Å²) in [5, 5.41) is 0. The lowest BCUT2D eigenvalue weighted by Crippen LogP contribution is -2.49. The number of nitrogens with zero attached hydrogens (tertiary/aromatic N) is 1. The van der Waals surface area contributed by atoms with Gasteiger partial charge in [0.15, 0.2) is 0 Å². The predicted molar refractivity (Wildman–Crippen MR) is 123 cm³/mol. The highest BCUT2D eigenvalue weighted by Crippen LogP contribution is 2.20. The fourth-order valence-corrected chi connectivity index (χ4v) is 4.06. The van der Waals surface area contributed by atoms with Crippen LogP contribution >= 0.6 is 0 Å². The second-order valence-corrected chi connectivity index (χ2v) is 8.73. The topological polar surface area (TPSA) is 55.8 Å². The summed E-state index contributed by atoms with van der Waals surface area (Å²) < 4.78 is 10.7. The lowest BCUT2D eigenvalue weighted by molar-refractivity contribution is -0.150. The SMILES string of the molecule is CCCCCCCCCCCCCCCOC(=O)C1CCCCN1C(=O)OCCC. The minimum atomic E-state index is -0.468. The Morgan fingerprint density at radius 2 is 1.27 bits per heavy atom. The van der Waals surface area contributed by atoms with E-state index in [0.717, 1.165) is 32.1 Å². The molecule has 1 aliphatic rings. The van der Waals surface area contributed by atoms with Crippen LogP contribution in [0.5, 0.6) is 0 Å². The first-order valence-corrected chi connectivity index (χ1v) is 12.8. The number of amides is 1. The monoisotopic (exact) mass is 425 g/mol. The number of piperidine rings is 1. The minimum absolute atomic E-state index is 0.262. The van der Waals surface area contributed by atoms with Gasteiger partial charge in [-0.05, 0) is 32.1 Å². The van der Waals surface area contributed by atoms with Gasteiger partial charge in [-0.15, -0.1) is 0 Å². The van der Waals surface area contributed by atoms with E-state index in [1.165, 1.54) is 70.6 Å². The zero-order valence-corrected chi connectivity index (χ0v) is 19.8. The van der Waals surface area contributed by atoms with E-state index in [9.17, 15) is 9.59 Å². The van der Waals surface area contributed by atoms with Gasteiger partial charge < -0.3 is 9.47 Å². The lowest BCUT2D eigenvalue weighted by atomic mass is 10.0. The summed E-state index contributed by atoms with van der Waals surface area (Å²) in [4.78, 5) is 26.2. The van der Waals surface area contributed by atoms with Gasteiger partial charge >= 0.3 is 12.1 Å². The van der Waals surface area contributed by atoms with E-state index in [1.54, 1.807) is 4.90 Å². The third-order valence-corrected chi connectivity index (χ3v) is 5.93. The van der Waals surface area contributed by atoms with Crippen molar-refractivity contribution in [3.05, 3.63) is 0 Å². The fourth-order valence-electron chi connectivity index (χ4n) is 4.06. The Hall–Kier alpha value is -1.26. The zero-order chi connectivity index (χ0) is 21.9. The van der Waals surface area contributed by atoms with Crippen molar-refractivity contribution in [2.24, 2.45) is 0 Å². The Labute approximate surface area is 185 Å². The van der Waals surface area contributed by atoms with Gasteiger partial charge in [0.25, 0.3) is 0 Å². The molecule has 0 aromatic heterocycles. The van der Waals surface area contributed by atoms with Crippen molar-refractivity contribution in [1.82, 2.24) is 4.90 Å². The van der Waals surface area contributed by atoms with Crippen LogP contribution < -0.4 is 0 Å². The molecule has 0 saturated carbocycles. The molecule has 0 N–H and O–H groups in total. The van der Waals surface area contributed by atoms with E-state index >= 15 is 0 Å². The molecule has 1 fully saturated rings. The maximum absolute atomic E-state index is 12.4. The summed E-state index contributed by atoms with van der Waals surface area (Å²) in [6, 6.07) is -0.468. The molecule has 1 unspecified atom stereocenters. The number of hydrogen-bond acceptors (Lipinski definition) is 4. The van der Waals surface area contributed by atoms with Crippen molar-refractivity contribution in [3.8, 4) is 0 Å². The fraction of sp³-hybridized carbons (Fsp3) is 0.920. The second kappa shape index (κ2) is 18.5. The van der Waals surface area contributed by atoms with Crippen LogP contribution in [0.4, 0.5) is 4.79 Å². The molecular weight excluding hydrogens is 378 g/mol. The predicted octanol–water partition coefficient (Wildman–Crippen LogP) is 7.02. The van der Waals surface area contributed by atoms with E-state index in [1.807, 2.05) is 6.92 Å². The molecule has 0 aliphatic carbocycles. The van der Waals surface area contributed by atoms with Crippen LogP contribution in [0.3, 0.4) is 0 Å². The van der Waals surface area contributed by atoms with Crippen LogP contribution in [0.25, 0.3) is 0 Å². The largest absolute Gasteiger partial charge is 0.464 e. The summed E-state index contributed by atoms with van der Waals surface area (Å²) in [6.45, 7) is 5.67. The molecule has 0 radical (unpaired) electrons. The highest BCUT2D eigenvalue weighted by Gasteiger charge is 2.34. The Morgan fingerprint density at radius 3 is 1.83 bits per heavy atom. The smallest absolute Gasteiger partial charge is 0.410 e. The number of esters is 1. The normalized spacial score (nSPS) is 16.5. The molecule has 1 heterocycles. The first kappa shape index (κ1) is 26.8. The molecule has 1 atom stereocenters. The molecule has 1 aliphatic heterocycles. The molecule has 0 bridgehead atoms. The maximum atomic E-state index is 12.4. The molecule has 0 aromatic carbocycles. The first-order valence-electron chi connectivity index (χ1n) is 12.8. The van der Waals surface area contributed by atoms with Gasteiger partial charge in [-0.3, -0.25) is 4.90 Å². The van der Waals surface area contributed by atoms with Gasteiger partial charge in [0, 0.05) is 6.54 Å². The van der Waals surface area contributed by atoms with Crippen molar-refractivity contribution in [1.29, 1.82) is 0 Å². The van der Waals surface area contributed by atoms with E-state index in [-0.39, 0.29) is 12.1 Å². The summed E-state index contributed by atoms with van der Waals surface area (Å²) >= 11 is 0. The van der Waals surface area contributed by atoms with Crippen molar-refractivity contribution in [2.75, 3.05) is 19.8 Å². The van der Waals surface area contributed by atoms with Gasteiger partial charge in [0.05, 0.1) is 13.2 Å². The van der Waals surface area contributed by atoms with Gasteiger partial charge in [0.1, 0.15) is 6.04 Å². The number of ether oxygens (including phenoxy) is 2. The molecule has 1 rings (SSSR count). The number of hydrogen-bond donors (Lipinski definition) is 0. The van der Waals surface area contributed by atoms with Gasteiger partial charge in [-0.2, -0.15) is 0 Å². The van der Waals surface area contributed by atoms with E-state index in [0.29, 0.717) is 26.2 Å². The van der Waals surface area contributed by atoms with Crippen molar-refractivity contribution < 1.29 is 19.1 Å². The Bertz CT molecular complexity index is 441. The Morgan fingerprint density at radius 1 is 0.700 bits per heavy atom. The molecule has 5 nitrogen and oxygen atoms in total. The average Bonchev–Trinajstić information content (AvgIpc) is 2.77. The number of carbonyl (C=O) groups is 2. The van der Waals surface area contributed by atoms with Crippen LogP contribution in [0.15, 0.2) is 0 Å². The Kier molecular flexibility index (Phi) is 16.5. The molecule has 1 amide bonds. The average molecular weight is 426 g/mol. The molecular formula is C25H47NO4. The first-order chi connectivity index (χ1) is 14.7. The second-order valence-electron chi connectivity index (χ2n) is 8.73. The molecule has 0 spiro atoms. The zero-order valence-electron chi connectivity index (χ0n) is 19.8. The van der Waals surface area contributed by atoms with Crippen LogP contribution in [-0.2, 0) is 14.3 Å². The maximum Gasteiger partial charge on any atom is 0.410 e. The molecule has 1 saturated heterocycles. The highest BCUT2D eigenvalue weighted by molar-refractivity contribution is 5.81. The number of likely N-dealkylation sites (tertiary alicyclic amines) is 1. The van der Waals surface area contributed by atoms with Gasteiger partial charge in [-0.1, -0.05) is 90.9 Å². The quantitative estimate of drug-likeness (QED) is 0.185. The van der Waals surface area contributed by atoms with E-state index in [4.69, 9.17) is 9.47 Å². The third-order valence-electron chi connectivity index (χ3n) is 5.93. The molecule has 0 aromatic rings. The highest BCUT2D eigenvalue weighted by atomic mass is 16.6. The Balaban J connectivity index is 2.01. The summed E-state index contributed by atoms with van der Waals surface area (Å²) in [5.74, 6) is -0.262. The van der Waals surface area contributed by atoms with E-state index < -0.39 is 6.04 Å². The third kappa shape index (κ3) is 12.4. The van der Waals surface area contributed by atoms with Crippen molar-refractivity contribution >= 4 is 12.1 Å². The standard InChI is InChI=1S/C25H47NO4/c1-3-5-6-7-8-9-10-11-12-13-14-15-18-22-29-24(27)23-19-16-17-20-26(23)25(28)30-21-4-2/h23H,3-22H2,1-2H3. The molecule has 30 heavy (non-hydrogen) atoms. The summed E-state index contributed by atoms with van der Waals surface area (Å²) in [5.41, 5.74) is 0. The van der Waals surface area contributed by atoms with Crippen molar-refractivity contribution in [2.45, 2.75) is 129 Å². The minimum Gasteiger partial charge on any atom is -0.464 e. The van der Waals surface area contributed by atoms with Crippen molar-refractivity contribution in [3.63, 3.8) is 0 Å².